The fraction of sp³-hybridized carbons (Fsp3) is 0.647. The van der Waals surface area contributed by atoms with Gasteiger partial charge < -0.3 is 14.7 Å². The van der Waals surface area contributed by atoms with Crippen LogP contribution in [0.25, 0.3) is 5.78 Å². The lowest BCUT2D eigenvalue weighted by atomic mass is 10.0. The van der Waals surface area contributed by atoms with Crippen molar-refractivity contribution in [2.75, 3.05) is 38.1 Å². The highest BCUT2D eigenvalue weighted by Gasteiger charge is 2.34. The maximum Gasteiger partial charge on any atom is 0.320 e. The number of piperidine rings is 1. The zero-order valence-electron chi connectivity index (χ0n) is 14.9. The van der Waals surface area contributed by atoms with E-state index in [-0.39, 0.29) is 6.03 Å². The number of fused-ring (bicyclic) bond motifs is 1. The van der Waals surface area contributed by atoms with Gasteiger partial charge in [-0.25, -0.2) is 9.78 Å². The molecule has 8 heteroatoms. The van der Waals surface area contributed by atoms with Crippen molar-refractivity contribution >= 4 is 17.6 Å². The number of likely N-dealkylation sites (N-methyl/N-ethyl adjacent to an activating group) is 1. The third kappa shape index (κ3) is 2.89. The van der Waals surface area contributed by atoms with E-state index in [2.05, 4.69) is 33.0 Å². The number of aryl methyl sites for hydroxylation is 1. The van der Waals surface area contributed by atoms with Crippen molar-refractivity contribution in [3.05, 3.63) is 18.1 Å². The Labute approximate surface area is 147 Å². The predicted molar refractivity (Wildman–Crippen MR) is 94.7 cm³/mol. The molecule has 2 amide bonds. The van der Waals surface area contributed by atoms with E-state index >= 15 is 0 Å². The Bertz CT molecular complexity index is 765. The molecule has 0 radical (unpaired) electrons. The molecule has 134 valence electrons. The van der Waals surface area contributed by atoms with E-state index in [1.807, 2.05) is 21.4 Å². The van der Waals surface area contributed by atoms with Crippen LogP contribution in [0.1, 0.15) is 31.9 Å². The molecule has 0 bridgehead atoms. The van der Waals surface area contributed by atoms with Crippen LogP contribution < -0.4 is 4.90 Å². The summed E-state index contributed by atoms with van der Waals surface area (Å²) in [7, 11) is 1.88. The maximum atomic E-state index is 12.2. The first kappa shape index (κ1) is 16.1. The number of carbonyl (C=O) groups is 1. The molecular weight excluding hydrogens is 318 g/mol. The zero-order valence-corrected chi connectivity index (χ0v) is 14.9. The Hall–Kier alpha value is -2.38. The first-order valence-corrected chi connectivity index (χ1v) is 9.13. The van der Waals surface area contributed by atoms with Crippen LogP contribution >= 0.6 is 0 Å². The average molecular weight is 343 g/mol. The molecular formula is C17H25N7O. The van der Waals surface area contributed by atoms with Gasteiger partial charge in [-0.15, -0.1) is 0 Å². The number of amides is 2. The van der Waals surface area contributed by atoms with E-state index < -0.39 is 0 Å². The van der Waals surface area contributed by atoms with E-state index in [4.69, 9.17) is 0 Å². The number of hydrogen-bond donors (Lipinski definition) is 0. The van der Waals surface area contributed by atoms with Crippen LogP contribution in [0.5, 0.6) is 0 Å². The number of anilines is 1. The summed E-state index contributed by atoms with van der Waals surface area (Å²) < 4.78 is 1.83. The standard InChI is InChI=1S/C17H25N7O/c1-3-4-13-11-15(24-16(20-13)18-12-19-24)22-7-5-14(6-8-22)23-10-9-21(2)17(23)25/h11-12,14H,3-10H2,1-2H3. The van der Waals surface area contributed by atoms with Gasteiger partial charge in [-0.05, 0) is 19.3 Å². The number of urea groups is 1. The molecule has 2 aliphatic rings. The minimum Gasteiger partial charge on any atom is -0.356 e. The van der Waals surface area contributed by atoms with Crippen molar-refractivity contribution in [1.29, 1.82) is 0 Å². The third-order valence-electron chi connectivity index (χ3n) is 5.27. The van der Waals surface area contributed by atoms with Crippen molar-refractivity contribution in [2.24, 2.45) is 0 Å². The van der Waals surface area contributed by atoms with Crippen molar-refractivity contribution in [3.63, 3.8) is 0 Å². The van der Waals surface area contributed by atoms with Gasteiger partial charge in [-0.1, -0.05) is 13.3 Å². The van der Waals surface area contributed by atoms with Crippen molar-refractivity contribution < 1.29 is 4.79 Å². The summed E-state index contributed by atoms with van der Waals surface area (Å²) >= 11 is 0. The number of carbonyl (C=O) groups excluding carboxylic acids is 1. The minimum absolute atomic E-state index is 0.172. The second kappa shape index (κ2) is 6.50. The summed E-state index contributed by atoms with van der Waals surface area (Å²) in [6.45, 7) is 5.68. The molecule has 4 heterocycles. The Morgan fingerprint density at radius 2 is 2.00 bits per heavy atom. The molecule has 2 aromatic rings. The monoisotopic (exact) mass is 343 g/mol. The molecule has 25 heavy (non-hydrogen) atoms. The molecule has 2 aromatic heterocycles. The number of nitrogens with zero attached hydrogens (tertiary/aromatic N) is 7. The Balaban J connectivity index is 1.52. The topological polar surface area (TPSA) is 69.9 Å². The lowest BCUT2D eigenvalue weighted by molar-refractivity contribution is 0.173. The average Bonchev–Trinajstić information content (AvgIpc) is 3.22. The van der Waals surface area contributed by atoms with Crippen LogP contribution in [-0.4, -0.2) is 74.7 Å². The second-order valence-corrected chi connectivity index (χ2v) is 6.94. The lowest BCUT2D eigenvalue weighted by Crippen LogP contribution is -2.46. The second-order valence-electron chi connectivity index (χ2n) is 6.94. The van der Waals surface area contributed by atoms with Gasteiger partial charge in [0.25, 0.3) is 5.78 Å². The SMILES string of the molecule is CCCc1cc(N2CCC(N3CCN(C)C3=O)CC2)n2ncnc2n1. The fourth-order valence-electron chi connectivity index (χ4n) is 3.87. The lowest BCUT2D eigenvalue weighted by Gasteiger charge is -2.37. The summed E-state index contributed by atoms with van der Waals surface area (Å²) in [6.07, 6.45) is 5.54. The molecule has 0 saturated carbocycles. The van der Waals surface area contributed by atoms with Crippen molar-refractivity contribution in [2.45, 2.75) is 38.6 Å². The number of aromatic nitrogens is 4. The molecule has 8 nitrogen and oxygen atoms in total. The summed E-state index contributed by atoms with van der Waals surface area (Å²) in [5, 5.41) is 4.34. The largest absolute Gasteiger partial charge is 0.356 e. The van der Waals surface area contributed by atoms with Gasteiger partial charge in [-0.2, -0.15) is 14.6 Å². The highest BCUT2D eigenvalue weighted by Crippen LogP contribution is 2.25. The molecule has 0 atom stereocenters. The van der Waals surface area contributed by atoms with Crippen LogP contribution in [0.4, 0.5) is 10.6 Å². The molecule has 2 aliphatic heterocycles. The van der Waals surface area contributed by atoms with Gasteiger partial charge in [0, 0.05) is 51.0 Å². The Kier molecular flexibility index (Phi) is 4.19. The normalized spacial score (nSPS) is 19.4. The van der Waals surface area contributed by atoms with E-state index in [1.165, 1.54) is 0 Å². The molecule has 4 rings (SSSR count). The number of hydrogen-bond acceptors (Lipinski definition) is 5. The van der Waals surface area contributed by atoms with E-state index in [1.54, 1.807) is 6.33 Å². The molecule has 0 spiro atoms. The predicted octanol–water partition coefficient (Wildman–Crippen LogP) is 1.41. The van der Waals surface area contributed by atoms with Crippen LogP contribution in [0, 0.1) is 0 Å². The first-order valence-electron chi connectivity index (χ1n) is 9.13. The van der Waals surface area contributed by atoms with Gasteiger partial charge in [0.05, 0.1) is 0 Å². The number of rotatable bonds is 4. The first-order chi connectivity index (χ1) is 12.2. The molecule has 2 fully saturated rings. The summed E-state index contributed by atoms with van der Waals surface area (Å²) in [5.41, 5.74) is 1.07. The molecule has 0 aromatic carbocycles. The van der Waals surface area contributed by atoms with Crippen LogP contribution in [-0.2, 0) is 6.42 Å². The molecule has 0 aliphatic carbocycles. The zero-order chi connectivity index (χ0) is 17.4. The van der Waals surface area contributed by atoms with Gasteiger partial charge >= 0.3 is 6.03 Å². The van der Waals surface area contributed by atoms with Gasteiger partial charge in [0.2, 0.25) is 0 Å². The summed E-state index contributed by atoms with van der Waals surface area (Å²) in [6, 6.07) is 2.66. The Morgan fingerprint density at radius 1 is 1.20 bits per heavy atom. The van der Waals surface area contributed by atoms with Crippen LogP contribution in [0.3, 0.4) is 0 Å². The van der Waals surface area contributed by atoms with E-state index in [0.717, 1.165) is 63.4 Å². The fourth-order valence-corrected chi connectivity index (χ4v) is 3.87. The molecule has 2 saturated heterocycles. The molecule has 0 unspecified atom stereocenters. The van der Waals surface area contributed by atoms with Gasteiger partial charge in [0.15, 0.2) is 0 Å². The Morgan fingerprint density at radius 3 is 2.68 bits per heavy atom. The summed E-state index contributed by atoms with van der Waals surface area (Å²) in [4.78, 5) is 27.3. The van der Waals surface area contributed by atoms with Crippen molar-refractivity contribution in [1.82, 2.24) is 29.4 Å². The van der Waals surface area contributed by atoms with E-state index in [9.17, 15) is 4.79 Å². The quantitative estimate of drug-likeness (QED) is 0.839. The third-order valence-corrected chi connectivity index (χ3v) is 5.27. The maximum absolute atomic E-state index is 12.2. The van der Waals surface area contributed by atoms with Crippen LogP contribution in [0.15, 0.2) is 12.4 Å². The molecule has 0 N–H and O–H groups in total. The van der Waals surface area contributed by atoms with Gasteiger partial charge in [-0.3, -0.25) is 0 Å². The van der Waals surface area contributed by atoms with Crippen LogP contribution in [0.2, 0.25) is 0 Å². The summed E-state index contributed by atoms with van der Waals surface area (Å²) in [5.74, 6) is 1.73. The minimum atomic E-state index is 0.172. The highest BCUT2D eigenvalue weighted by molar-refractivity contribution is 5.76. The van der Waals surface area contributed by atoms with Gasteiger partial charge in [0.1, 0.15) is 12.1 Å². The van der Waals surface area contributed by atoms with E-state index in [0.29, 0.717) is 11.8 Å². The highest BCUT2D eigenvalue weighted by atomic mass is 16.2. The van der Waals surface area contributed by atoms with Crippen molar-refractivity contribution in [3.8, 4) is 0 Å². The smallest absolute Gasteiger partial charge is 0.320 e.